The summed E-state index contributed by atoms with van der Waals surface area (Å²) in [6.45, 7) is 3.09. The molecule has 0 fully saturated rings. The molecule has 4 aromatic rings. The summed E-state index contributed by atoms with van der Waals surface area (Å²) >= 11 is 0. The van der Waals surface area contributed by atoms with Crippen molar-refractivity contribution in [3.05, 3.63) is 77.3 Å². The predicted molar refractivity (Wildman–Crippen MR) is 106 cm³/mol. The molecule has 2 aromatic carbocycles. The highest BCUT2D eigenvalue weighted by molar-refractivity contribution is 6.02. The Morgan fingerprint density at radius 1 is 0.962 bits per heavy atom. The number of aromatic amines is 1. The van der Waals surface area contributed by atoms with Gasteiger partial charge in [0.1, 0.15) is 0 Å². The lowest BCUT2D eigenvalue weighted by Crippen LogP contribution is -2.10. The summed E-state index contributed by atoms with van der Waals surface area (Å²) in [5.74, 6) is 0. The van der Waals surface area contributed by atoms with E-state index in [0.717, 1.165) is 52.8 Å². The van der Waals surface area contributed by atoms with Gasteiger partial charge in [0, 0.05) is 18.3 Å². The van der Waals surface area contributed by atoms with E-state index < -0.39 is 0 Å². The van der Waals surface area contributed by atoms with E-state index in [9.17, 15) is 4.79 Å². The Morgan fingerprint density at radius 3 is 2.27 bits per heavy atom. The fraction of sp³-hybridized carbons (Fsp3) is 0.182. The third-order valence-electron chi connectivity index (χ3n) is 4.62. The maximum atomic E-state index is 12.2. The lowest BCUT2D eigenvalue weighted by Gasteiger charge is -2.11. The van der Waals surface area contributed by atoms with Crippen LogP contribution in [0, 0.1) is 0 Å². The van der Waals surface area contributed by atoms with Gasteiger partial charge in [-0.25, -0.2) is 4.79 Å². The van der Waals surface area contributed by atoms with Crippen molar-refractivity contribution in [1.82, 2.24) is 14.5 Å². The molecule has 130 valence electrons. The average Bonchev–Trinajstić information content (AvgIpc) is 3.05. The van der Waals surface area contributed by atoms with Crippen molar-refractivity contribution in [2.24, 2.45) is 0 Å². The van der Waals surface area contributed by atoms with Crippen LogP contribution in [0.5, 0.6) is 0 Å². The third kappa shape index (κ3) is 2.94. The van der Waals surface area contributed by atoms with E-state index in [1.807, 2.05) is 54.7 Å². The summed E-state index contributed by atoms with van der Waals surface area (Å²) in [6, 6.07) is 20.2. The van der Waals surface area contributed by atoms with E-state index >= 15 is 0 Å². The zero-order chi connectivity index (χ0) is 17.9. The second kappa shape index (κ2) is 7.00. The van der Waals surface area contributed by atoms with Crippen LogP contribution in [0.25, 0.3) is 33.4 Å². The van der Waals surface area contributed by atoms with Crippen molar-refractivity contribution in [3.63, 3.8) is 0 Å². The zero-order valence-corrected chi connectivity index (χ0v) is 14.8. The van der Waals surface area contributed by atoms with Crippen LogP contribution in [0.4, 0.5) is 0 Å². The first-order valence-electron chi connectivity index (χ1n) is 9.02. The highest BCUT2D eigenvalue weighted by Gasteiger charge is 2.18. The molecule has 2 heterocycles. The Hall–Kier alpha value is -3.14. The van der Waals surface area contributed by atoms with Crippen molar-refractivity contribution in [1.29, 1.82) is 0 Å². The van der Waals surface area contributed by atoms with Crippen LogP contribution in [0.15, 0.2) is 71.7 Å². The van der Waals surface area contributed by atoms with Crippen LogP contribution in [0.1, 0.15) is 19.8 Å². The Balaban J connectivity index is 2.06. The molecular formula is C22H21N3O. The molecule has 0 aliphatic carbocycles. The highest BCUT2D eigenvalue weighted by atomic mass is 16.1. The summed E-state index contributed by atoms with van der Waals surface area (Å²) in [5, 5.41) is 0.998. The van der Waals surface area contributed by atoms with Gasteiger partial charge in [-0.3, -0.25) is 0 Å². The van der Waals surface area contributed by atoms with E-state index in [1.165, 1.54) is 0 Å². The first-order chi connectivity index (χ1) is 12.8. The number of aromatic nitrogens is 3. The molecule has 0 bridgehead atoms. The Kier molecular flexibility index (Phi) is 4.40. The van der Waals surface area contributed by atoms with E-state index in [4.69, 9.17) is 0 Å². The number of nitrogens with one attached hydrogen (secondary N) is 1. The molecule has 2 aromatic heterocycles. The number of aryl methyl sites for hydroxylation is 1. The van der Waals surface area contributed by atoms with Gasteiger partial charge >= 0.3 is 5.69 Å². The fourth-order valence-corrected chi connectivity index (χ4v) is 3.41. The Labute approximate surface area is 152 Å². The molecule has 26 heavy (non-hydrogen) atoms. The number of unbranched alkanes of at least 4 members (excludes halogenated alkanes) is 1. The zero-order valence-electron chi connectivity index (χ0n) is 14.8. The second-order valence-corrected chi connectivity index (χ2v) is 6.44. The van der Waals surface area contributed by atoms with Crippen LogP contribution < -0.4 is 5.69 Å². The van der Waals surface area contributed by atoms with Crippen LogP contribution >= 0.6 is 0 Å². The van der Waals surface area contributed by atoms with Gasteiger partial charge in [0.2, 0.25) is 0 Å². The van der Waals surface area contributed by atoms with Crippen LogP contribution in [-0.4, -0.2) is 14.5 Å². The average molecular weight is 343 g/mol. The maximum absolute atomic E-state index is 12.2. The lowest BCUT2D eigenvalue weighted by atomic mass is 10.0. The molecule has 0 saturated carbocycles. The molecule has 0 spiro atoms. The number of benzene rings is 2. The molecule has 4 nitrogen and oxygen atoms in total. The van der Waals surface area contributed by atoms with Gasteiger partial charge in [0.25, 0.3) is 0 Å². The molecule has 0 atom stereocenters. The Bertz CT molecular complexity index is 1080. The van der Waals surface area contributed by atoms with E-state index in [-0.39, 0.29) is 5.69 Å². The smallest absolute Gasteiger partial charge is 0.345 e. The number of hydrogen-bond donors (Lipinski definition) is 1. The number of hydrogen-bond acceptors (Lipinski definition) is 2. The molecule has 0 amide bonds. The summed E-state index contributed by atoms with van der Waals surface area (Å²) in [6.07, 6.45) is 4.24. The molecule has 0 aliphatic rings. The molecule has 4 rings (SSSR count). The summed E-state index contributed by atoms with van der Waals surface area (Å²) in [5.41, 5.74) is 4.44. The fourth-order valence-electron chi connectivity index (χ4n) is 3.41. The van der Waals surface area contributed by atoms with Gasteiger partial charge in [-0.2, -0.15) is 4.98 Å². The molecule has 1 N–H and O–H groups in total. The summed E-state index contributed by atoms with van der Waals surface area (Å²) in [7, 11) is 0. The first kappa shape index (κ1) is 16.3. The van der Waals surface area contributed by atoms with Crippen molar-refractivity contribution < 1.29 is 0 Å². The lowest BCUT2D eigenvalue weighted by molar-refractivity contribution is 0.641. The summed E-state index contributed by atoms with van der Waals surface area (Å²) in [4.78, 5) is 19.4. The van der Waals surface area contributed by atoms with Crippen molar-refractivity contribution in [3.8, 4) is 22.5 Å². The van der Waals surface area contributed by atoms with E-state index in [0.29, 0.717) is 0 Å². The van der Waals surface area contributed by atoms with Gasteiger partial charge in [-0.15, -0.1) is 0 Å². The largest absolute Gasteiger partial charge is 0.346 e. The Morgan fingerprint density at radius 2 is 1.62 bits per heavy atom. The second-order valence-electron chi connectivity index (χ2n) is 6.44. The van der Waals surface area contributed by atoms with Gasteiger partial charge in [-0.05, 0) is 12.0 Å². The van der Waals surface area contributed by atoms with Crippen molar-refractivity contribution in [2.45, 2.75) is 26.3 Å². The molecule has 4 heteroatoms. The summed E-state index contributed by atoms with van der Waals surface area (Å²) < 4.78 is 2.24. The molecule has 0 radical (unpaired) electrons. The predicted octanol–water partition coefficient (Wildman–Crippen LogP) is 4.86. The molecule has 0 unspecified atom stereocenters. The van der Waals surface area contributed by atoms with Gasteiger partial charge in [0.05, 0.1) is 22.3 Å². The van der Waals surface area contributed by atoms with Crippen molar-refractivity contribution >= 4 is 10.9 Å². The minimum Gasteiger partial charge on any atom is -0.345 e. The van der Waals surface area contributed by atoms with Gasteiger partial charge in [-0.1, -0.05) is 74.0 Å². The normalized spacial score (nSPS) is 11.1. The van der Waals surface area contributed by atoms with Gasteiger partial charge < -0.3 is 9.55 Å². The minimum atomic E-state index is -0.316. The molecular weight excluding hydrogens is 322 g/mol. The maximum Gasteiger partial charge on any atom is 0.346 e. The van der Waals surface area contributed by atoms with Crippen LogP contribution in [0.3, 0.4) is 0 Å². The van der Waals surface area contributed by atoms with Crippen LogP contribution in [0.2, 0.25) is 0 Å². The first-order valence-corrected chi connectivity index (χ1v) is 9.02. The molecule has 0 aliphatic heterocycles. The molecule has 0 saturated heterocycles. The van der Waals surface area contributed by atoms with Crippen LogP contribution in [-0.2, 0) is 6.54 Å². The quantitative estimate of drug-likeness (QED) is 0.563. The third-order valence-corrected chi connectivity index (χ3v) is 4.62. The topological polar surface area (TPSA) is 50.7 Å². The van der Waals surface area contributed by atoms with Crippen molar-refractivity contribution in [2.75, 3.05) is 0 Å². The monoisotopic (exact) mass is 343 g/mol. The number of nitrogens with zero attached hydrogens (tertiary/aromatic N) is 2. The highest BCUT2D eigenvalue weighted by Crippen LogP contribution is 2.35. The number of rotatable bonds is 5. The standard InChI is InChI=1S/C22H21N3O/c1-2-3-14-25-15-18-19(21(25)17-12-8-5-9-13-17)20(24-22(26)23-18)16-10-6-4-7-11-16/h4-13,15H,2-3,14H2,1H3,(H,23,26). The SMILES string of the molecule is CCCCn1cc2[nH]c(=O)nc(-c3ccccc3)c2c1-c1ccccc1. The number of H-pyrrole nitrogens is 1. The van der Waals surface area contributed by atoms with Gasteiger partial charge in [0.15, 0.2) is 0 Å². The minimum absolute atomic E-state index is 0.316. The number of fused-ring (bicyclic) bond motifs is 1. The van der Waals surface area contributed by atoms with E-state index in [2.05, 4.69) is 33.6 Å². The van der Waals surface area contributed by atoms with E-state index in [1.54, 1.807) is 0 Å².